The molecule has 3 aromatic rings. The Kier molecular flexibility index (Phi) is 4.98. The second kappa shape index (κ2) is 7.52. The smallest absolute Gasteiger partial charge is 0.362 e. The maximum atomic E-state index is 13.5. The molecular weight excluding hydrogens is 344 g/mol. The monoisotopic (exact) mass is 355 g/mol. The van der Waals surface area contributed by atoms with Crippen LogP contribution in [-0.4, -0.2) is 16.9 Å². The quantitative estimate of drug-likeness (QED) is 0.526. The van der Waals surface area contributed by atoms with E-state index in [1.807, 2.05) is 0 Å². The zero-order valence-corrected chi connectivity index (χ0v) is 13.2. The third-order valence-corrected chi connectivity index (χ3v) is 3.25. The molecule has 0 bridgehead atoms. The number of hydrogen-bond donors (Lipinski definition) is 0. The zero-order chi connectivity index (χ0) is 18.5. The summed E-state index contributed by atoms with van der Waals surface area (Å²) in [7, 11) is 0. The van der Waals surface area contributed by atoms with Gasteiger partial charge in [0.15, 0.2) is 23.1 Å². The molecular formula is C19H11F2NO4. The van der Waals surface area contributed by atoms with E-state index in [0.29, 0.717) is 0 Å². The molecule has 26 heavy (non-hydrogen) atoms. The summed E-state index contributed by atoms with van der Waals surface area (Å²) < 4.78 is 36.9. The number of carbonyl (C=O) groups excluding carboxylic acids is 2. The van der Waals surface area contributed by atoms with Crippen LogP contribution >= 0.6 is 0 Å². The molecule has 130 valence electrons. The van der Waals surface area contributed by atoms with Crippen molar-refractivity contribution in [3.8, 4) is 11.5 Å². The summed E-state index contributed by atoms with van der Waals surface area (Å²) in [6, 6.07) is 14.7. The molecule has 0 atom stereocenters. The number of halogens is 2. The van der Waals surface area contributed by atoms with E-state index < -0.39 is 23.6 Å². The van der Waals surface area contributed by atoms with Gasteiger partial charge in [-0.3, -0.25) is 0 Å². The molecule has 1 aromatic heterocycles. The Morgan fingerprint density at radius 1 is 0.654 bits per heavy atom. The fraction of sp³-hybridized carbons (Fsp3) is 0. The predicted molar refractivity (Wildman–Crippen MR) is 87.0 cm³/mol. The van der Waals surface area contributed by atoms with Crippen LogP contribution in [0.2, 0.25) is 0 Å². The normalized spacial score (nSPS) is 10.2. The predicted octanol–water partition coefficient (Wildman–Crippen LogP) is 3.80. The fourth-order valence-corrected chi connectivity index (χ4v) is 2.02. The molecule has 3 rings (SSSR count). The molecule has 0 fully saturated rings. The van der Waals surface area contributed by atoms with Crippen molar-refractivity contribution in [1.29, 1.82) is 0 Å². The van der Waals surface area contributed by atoms with E-state index in [1.165, 1.54) is 54.6 Å². The second-order valence-electron chi connectivity index (χ2n) is 5.05. The van der Waals surface area contributed by atoms with Gasteiger partial charge in [-0.1, -0.05) is 30.3 Å². The summed E-state index contributed by atoms with van der Waals surface area (Å²) in [6.45, 7) is 0. The molecule has 7 heteroatoms. The van der Waals surface area contributed by atoms with Gasteiger partial charge in [-0.2, -0.15) is 0 Å². The highest BCUT2D eigenvalue weighted by Crippen LogP contribution is 2.18. The zero-order valence-electron chi connectivity index (χ0n) is 13.2. The Labute approximate surface area is 146 Å². The Morgan fingerprint density at radius 2 is 1.08 bits per heavy atom. The van der Waals surface area contributed by atoms with Gasteiger partial charge < -0.3 is 9.47 Å². The maximum absolute atomic E-state index is 13.5. The van der Waals surface area contributed by atoms with Crippen LogP contribution in [0, 0.1) is 11.6 Å². The van der Waals surface area contributed by atoms with E-state index in [4.69, 9.17) is 9.47 Å². The summed E-state index contributed by atoms with van der Waals surface area (Å²) in [6.07, 6.45) is 0. The van der Waals surface area contributed by atoms with Gasteiger partial charge in [-0.25, -0.2) is 23.4 Å². The second-order valence-corrected chi connectivity index (χ2v) is 5.05. The molecule has 1 heterocycles. The number of esters is 2. The summed E-state index contributed by atoms with van der Waals surface area (Å²) in [4.78, 5) is 28.0. The average Bonchev–Trinajstić information content (AvgIpc) is 2.65. The molecule has 0 aliphatic carbocycles. The third-order valence-electron chi connectivity index (χ3n) is 3.25. The molecule has 0 unspecified atom stereocenters. The number of carbonyl (C=O) groups is 2. The van der Waals surface area contributed by atoms with Crippen LogP contribution in [0.1, 0.15) is 21.0 Å². The Hall–Kier alpha value is -3.61. The number of aromatic nitrogens is 1. The van der Waals surface area contributed by atoms with E-state index in [0.717, 1.165) is 12.1 Å². The minimum atomic E-state index is -0.948. The molecule has 0 spiro atoms. The summed E-state index contributed by atoms with van der Waals surface area (Å²) in [5, 5.41) is 0. The van der Waals surface area contributed by atoms with Crippen molar-refractivity contribution in [2.75, 3.05) is 0 Å². The SMILES string of the molecule is O=C(Oc1ccccc1F)c1cccc(C(=O)Oc2ccccc2F)n1. The lowest BCUT2D eigenvalue weighted by atomic mass is 10.3. The largest absolute Gasteiger partial charge is 0.419 e. The van der Waals surface area contributed by atoms with Gasteiger partial charge in [-0.15, -0.1) is 0 Å². The number of pyridine rings is 1. The van der Waals surface area contributed by atoms with Crippen LogP contribution in [0.4, 0.5) is 8.78 Å². The van der Waals surface area contributed by atoms with E-state index >= 15 is 0 Å². The average molecular weight is 355 g/mol. The first kappa shape index (κ1) is 17.2. The van der Waals surface area contributed by atoms with E-state index in [2.05, 4.69) is 4.98 Å². The number of hydrogen-bond acceptors (Lipinski definition) is 5. The highest BCUT2D eigenvalue weighted by Gasteiger charge is 2.17. The van der Waals surface area contributed by atoms with Crippen LogP contribution in [0.25, 0.3) is 0 Å². The van der Waals surface area contributed by atoms with Gasteiger partial charge in [0.25, 0.3) is 0 Å². The minimum Gasteiger partial charge on any atom is -0.419 e. The highest BCUT2D eigenvalue weighted by molar-refractivity contribution is 5.93. The standard InChI is InChI=1S/C19H11F2NO4/c20-12-6-1-3-10-16(12)25-18(23)14-8-5-9-15(22-14)19(24)26-17-11-4-2-7-13(17)21/h1-11H. The Bertz CT molecular complexity index is 900. The Morgan fingerprint density at radius 3 is 1.50 bits per heavy atom. The molecule has 0 aliphatic heterocycles. The molecule has 5 nitrogen and oxygen atoms in total. The first-order valence-corrected chi connectivity index (χ1v) is 7.45. The number of para-hydroxylation sites is 2. The van der Waals surface area contributed by atoms with Crippen molar-refractivity contribution in [1.82, 2.24) is 4.98 Å². The first-order valence-electron chi connectivity index (χ1n) is 7.45. The first-order chi connectivity index (χ1) is 12.5. The van der Waals surface area contributed by atoms with Crippen LogP contribution in [-0.2, 0) is 0 Å². The molecule has 0 amide bonds. The van der Waals surface area contributed by atoms with Gasteiger partial charge in [0.2, 0.25) is 0 Å². The van der Waals surface area contributed by atoms with Crippen LogP contribution in [0.3, 0.4) is 0 Å². The van der Waals surface area contributed by atoms with Crippen LogP contribution in [0.15, 0.2) is 66.7 Å². The van der Waals surface area contributed by atoms with Crippen molar-refractivity contribution < 1.29 is 27.8 Å². The lowest BCUT2D eigenvalue weighted by Gasteiger charge is -2.07. The summed E-state index contributed by atoms with van der Waals surface area (Å²) >= 11 is 0. The van der Waals surface area contributed by atoms with Gasteiger partial charge in [-0.05, 0) is 36.4 Å². The number of nitrogens with zero attached hydrogens (tertiary/aromatic N) is 1. The van der Waals surface area contributed by atoms with Gasteiger partial charge >= 0.3 is 11.9 Å². The van der Waals surface area contributed by atoms with Gasteiger partial charge in [0.1, 0.15) is 11.4 Å². The molecule has 2 aromatic carbocycles. The molecule has 0 saturated carbocycles. The maximum Gasteiger partial charge on any atom is 0.362 e. The van der Waals surface area contributed by atoms with E-state index in [1.54, 1.807) is 0 Å². The topological polar surface area (TPSA) is 65.5 Å². The molecule has 0 saturated heterocycles. The Balaban J connectivity index is 1.77. The summed E-state index contributed by atoms with van der Waals surface area (Å²) in [5.41, 5.74) is -0.451. The number of ether oxygens (including phenoxy) is 2. The molecule has 0 radical (unpaired) electrons. The number of benzene rings is 2. The van der Waals surface area contributed by atoms with E-state index in [9.17, 15) is 18.4 Å². The minimum absolute atomic E-state index is 0.226. The third kappa shape index (κ3) is 3.89. The lowest BCUT2D eigenvalue weighted by Crippen LogP contribution is -2.16. The van der Waals surface area contributed by atoms with Gasteiger partial charge in [0, 0.05) is 0 Å². The van der Waals surface area contributed by atoms with Crippen molar-refractivity contribution in [3.05, 3.63) is 89.8 Å². The van der Waals surface area contributed by atoms with Crippen molar-refractivity contribution in [2.45, 2.75) is 0 Å². The van der Waals surface area contributed by atoms with Crippen molar-refractivity contribution in [3.63, 3.8) is 0 Å². The molecule has 0 N–H and O–H groups in total. The van der Waals surface area contributed by atoms with Crippen LogP contribution < -0.4 is 9.47 Å². The highest BCUT2D eigenvalue weighted by atomic mass is 19.1. The fourth-order valence-electron chi connectivity index (χ4n) is 2.02. The van der Waals surface area contributed by atoms with Gasteiger partial charge in [0.05, 0.1) is 0 Å². The van der Waals surface area contributed by atoms with Crippen molar-refractivity contribution in [2.24, 2.45) is 0 Å². The summed E-state index contributed by atoms with van der Waals surface area (Å²) in [5.74, 6) is -3.85. The number of rotatable bonds is 4. The van der Waals surface area contributed by atoms with E-state index in [-0.39, 0.29) is 22.9 Å². The van der Waals surface area contributed by atoms with Crippen LogP contribution in [0.5, 0.6) is 11.5 Å². The lowest BCUT2D eigenvalue weighted by molar-refractivity contribution is 0.0715. The molecule has 0 aliphatic rings. The van der Waals surface area contributed by atoms with Crippen molar-refractivity contribution >= 4 is 11.9 Å².